The van der Waals surface area contributed by atoms with Gasteiger partial charge in [0.25, 0.3) is 0 Å². The van der Waals surface area contributed by atoms with Gasteiger partial charge in [-0.25, -0.2) is 8.78 Å². The fourth-order valence-electron chi connectivity index (χ4n) is 1.71. The number of hydrogen-bond acceptors (Lipinski definition) is 0. The molecule has 0 nitrogen and oxygen atoms in total. The van der Waals surface area contributed by atoms with Crippen molar-refractivity contribution in [3.63, 3.8) is 0 Å². The second-order valence-electron chi connectivity index (χ2n) is 4.54. The summed E-state index contributed by atoms with van der Waals surface area (Å²) in [5.74, 6) is -0.358. The van der Waals surface area contributed by atoms with Crippen LogP contribution in [0.4, 0.5) is 8.78 Å². The van der Waals surface area contributed by atoms with Gasteiger partial charge in [0, 0.05) is 10.9 Å². The molecule has 0 N–H and O–H groups in total. The highest BCUT2D eigenvalue weighted by Crippen LogP contribution is 2.19. The number of rotatable bonds is 5. The molecule has 1 rings (SSSR count). The van der Waals surface area contributed by atoms with Crippen LogP contribution in [0.25, 0.3) is 0 Å². The third-order valence-corrected chi connectivity index (χ3v) is 3.23. The van der Waals surface area contributed by atoms with Crippen LogP contribution in [0, 0.1) is 17.6 Å². The Morgan fingerprint density at radius 3 is 2.19 bits per heavy atom. The highest BCUT2D eigenvalue weighted by Gasteiger charge is 2.08. The lowest BCUT2D eigenvalue weighted by molar-refractivity contribution is 0.550. The molecule has 16 heavy (non-hydrogen) atoms. The smallest absolute Gasteiger partial charge is 0.126 e. The molecule has 90 valence electrons. The van der Waals surface area contributed by atoms with E-state index in [2.05, 4.69) is 29.8 Å². The van der Waals surface area contributed by atoms with Gasteiger partial charge in [-0.1, -0.05) is 29.8 Å². The Kier molecular flexibility index (Phi) is 5.39. The molecule has 0 amide bonds. The number of hydrogen-bond donors (Lipinski definition) is 0. The number of benzene rings is 1. The van der Waals surface area contributed by atoms with Crippen LogP contribution in [0.5, 0.6) is 0 Å². The number of aryl methyl sites for hydroxylation is 1. The Morgan fingerprint density at radius 1 is 1.12 bits per heavy atom. The molecule has 3 heteroatoms. The molecule has 0 fully saturated rings. The summed E-state index contributed by atoms with van der Waals surface area (Å²) in [5.41, 5.74) is 0.728. The molecule has 0 bridgehead atoms. The Morgan fingerprint density at radius 2 is 1.69 bits per heavy atom. The molecule has 1 aromatic carbocycles. The monoisotopic (exact) mass is 290 g/mol. The zero-order valence-electron chi connectivity index (χ0n) is 9.64. The topological polar surface area (TPSA) is 0 Å². The average Bonchev–Trinajstić information content (AvgIpc) is 2.12. The molecule has 1 aromatic rings. The van der Waals surface area contributed by atoms with Gasteiger partial charge < -0.3 is 0 Å². The summed E-state index contributed by atoms with van der Waals surface area (Å²) < 4.78 is 25.8. The molecule has 0 aromatic heterocycles. The number of alkyl halides is 1. The van der Waals surface area contributed by atoms with Gasteiger partial charge in [-0.05, 0) is 42.9 Å². The first kappa shape index (κ1) is 13.6. The Labute approximate surface area is 104 Å². The molecular weight excluding hydrogens is 274 g/mol. The molecule has 0 heterocycles. The third kappa shape index (κ3) is 5.06. The van der Waals surface area contributed by atoms with E-state index in [1.54, 1.807) is 0 Å². The highest BCUT2D eigenvalue weighted by molar-refractivity contribution is 9.09. The lowest BCUT2D eigenvalue weighted by atomic mass is 10.0. The van der Waals surface area contributed by atoms with Crippen LogP contribution in [0.3, 0.4) is 0 Å². The van der Waals surface area contributed by atoms with E-state index in [1.807, 2.05) is 0 Å². The van der Waals surface area contributed by atoms with Crippen molar-refractivity contribution in [1.82, 2.24) is 0 Å². The molecule has 0 radical (unpaired) electrons. The van der Waals surface area contributed by atoms with Crippen molar-refractivity contribution < 1.29 is 8.78 Å². The molecule has 1 atom stereocenters. The SMILES string of the molecule is CC(C)CC(Br)CCc1cc(F)cc(F)c1. The zero-order valence-corrected chi connectivity index (χ0v) is 11.2. The van der Waals surface area contributed by atoms with Crippen molar-refractivity contribution >= 4 is 15.9 Å². The van der Waals surface area contributed by atoms with Crippen LogP contribution in [-0.4, -0.2) is 4.83 Å². The standard InChI is InChI=1S/C13H17BrF2/c1-9(2)5-11(14)4-3-10-6-12(15)8-13(16)7-10/h6-9,11H,3-5H2,1-2H3. The normalized spacial score (nSPS) is 13.1. The van der Waals surface area contributed by atoms with E-state index in [1.165, 1.54) is 12.1 Å². The quantitative estimate of drug-likeness (QED) is 0.689. The minimum absolute atomic E-state index is 0.416. The molecule has 0 saturated heterocycles. The minimum atomic E-state index is -0.495. The summed E-state index contributed by atoms with van der Waals surface area (Å²) in [6, 6.07) is 3.71. The maximum Gasteiger partial charge on any atom is 0.126 e. The van der Waals surface area contributed by atoms with Crippen LogP contribution < -0.4 is 0 Å². The second-order valence-corrected chi connectivity index (χ2v) is 5.84. The van der Waals surface area contributed by atoms with E-state index in [0.29, 0.717) is 17.2 Å². The summed E-state index contributed by atoms with van der Waals surface area (Å²) in [7, 11) is 0. The van der Waals surface area contributed by atoms with Crippen molar-refractivity contribution in [1.29, 1.82) is 0 Å². The average molecular weight is 291 g/mol. The van der Waals surface area contributed by atoms with E-state index < -0.39 is 11.6 Å². The number of halogens is 3. The maximum absolute atomic E-state index is 12.9. The van der Waals surface area contributed by atoms with Crippen molar-refractivity contribution in [2.75, 3.05) is 0 Å². The van der Waals surface area contributed by atoms with E-state index in [0.717, 1.165) is 24.5 Å². The Balaban J connectivity index is 2.48. The van der Waals surface area contributed by atoms with E-state index in [4.69, 9.17) is 0 Å². The van der Waals surface area contributed by atoms with Crippen molar-refractivity contribution in [2.45, 2.75) is 37.9 Å². The van der Waals surface area contributed by atoms with Gasteiger partial charge in [0.05, 0.1) is 0 Å². The van der Waals surface area contributed by atoms with Crippen LogP contribution in [0.1, 0.15) is 32.3 Å². The Hall–Kier alpha value is -0.440. The van der Waals surface area contributed by atoms with Crippen LogP contribution in [0.2, 0.25) is 0 Å². The van der Waals surface area contributed by atoms with E-state index >= 15 is 0 Å². The predicted octanol–water partition coefficient (Wildman–Crippen LogP) is 4.71. The first-order valence-electron chi connectivity index (χ1n) is 5.56. The molecule has 0 aliphatic rings. The van der Waals surface area contributed by atoms with Gasteiger partial charge in [0.1, 0.15) is 11.6 Å². The van der Waals surface area contributed by atoms with Crippen LogP contribution in [-0.2, 0) is 6.42 Å². The summed E-state index contributed by atoms with van der Waals surface area (Å²) in [6.45, 7) is 4.33. The summed E-state index contributed by atoms with van der Waals surface area (Å²) in [6.07, 6.45) is 2.69. The van der Waals surface area contributed by atoms with E-state index in [9.17, 15) is 8.78 Å². The van der Waals surface area contributed by atoms with Crippen molar-refractivity contribution in [3.05, 3.63) is 35.4 Å². The molecule has 0 aliphatic carbocycles. The van der Waals surface area contributed by atoms with Gasteiger partial charge in [-0.3, -0.25) is 0 Å². The highest BCUT2D eigenvalue weighted by atomic mass is 79.9. The summed E-state index contributed by atoms with van der Waals surface area (Å²) in [5, 5.41) is 0. The van der Waals surface area contributed by atoms with Gasteiger partial charge in [0.2, 0.25) is 0 Å². The maximum atomic E-state index is 12.9. The fraction of sp³-hybridized carbons (Fsp3) is 0.538. The fourth-order valence-corrected chi connectivity index (χ4v) is 2.68. The molecule has 0 spiro atoms. The predicted molar refractivity (Wildman–Crippen MR) is 66.8 cm³/mol. The van der Waals surface area contributed by atoms with Crippen molar-refractivity contribution in [3.8, 4) is 0 Å². The van der Waals surface area contributed by atoms with E-state index in [-0.39, 0.29) is 0 Å². The molecule has 0 saturated carbocycles. The molecule has 0 aliphatic heterocycles. The second kappa shape index (κ2) is 6.33. The van der Waals surface area contributed by atoms with Crippen molar-refractivity contribution in [2.24, 2.45) is 5.92 Å². The first-order valence-corrected chi connectivity index (χ1v) is 6.48. The lowest BCUT2D eigenvalue weighted by Crippen LogP contribution is -2.04. The summed E-state index contributed by atoms with van der Waals surface area (Å²) >= 11 is 3.59. The van der Waals surface area contributed by atoms with Crippen LogP contribution >= 0.6 is 15.9 Å². The molecule has 1 unspecified atom stereocenters. The third-order valence-electron chi connectivity index (χ3n) is 2.40. The zero-order chi connectivity index (χ0) is 12.1. The summed E-state index contributed by atoms with van der Waals surface area (Å²) in [4.78, 5) is 0.416. The van der Waals surface area contributed by atoms with Gasteiger partial charge in [0.15, 0.2) is 0 Å². The first-order chi connectivity index (χ1) is 7.47. The Bertz CT molecular complexity index is 316. The molecular formula is C13H17BrF2. The lowest BCUT2D eigenvalue weighted by Gasteiger charge is -2.12. The van der Waals surface area contributed by atoms with Gasteiger partial charge in [-0.15, -0.1) is 0 Å². The van der Waals surface area contributed by atoms with Crippen LogP contribution in [0.15, 0.2) is 18.2 Å². The van der Waals surface area contributed by atoms with Gasteiger partial charge in [-0.2, -0.15) is 0 Å². The largest absolute Gasteiger partial charge is 0.207 e. The van der Waals surface area contributed by atoms with Gasteiger partial charge >= 0.3 is 0 Å². The minimum Gasteiger partial charge on any atom is -0.207 e.